The van der Waals surface area contributed by atoms with Crippen molar-refractivity contribution in [3.05, 3.63) is 71.0 Å². The quantitative estimate of drug-likeness (QED) is 0.868. The molecule has 6 heteroatoms. The van der Waals surface area contributed by atoms with Gasteiger partial charge in [0.1, 0.15) is 5.82 Å². The number of carboxylic acids is 1. The highest BCUT2D eigenvalue weighted by atomic mass is 19.1. The highest BCUT2D eigenvalue weighted by Crippen LogP contribution is 2.22. The fourth-order valence-corrected chi connectivity index (χ4v) is 2.94. The molecule has 0 saturated carbocycles. The van der Waals surface area contributed by atoms with E-state index in [0.29, 0.717) is 13.0 Å². The van der Waals surface area contributed by atoms with Gasteiger partial charge in [0.25, 0.3) is 5.91 Å². The van der Waals surface area contributed by atoms with Gasteiger partial charge in [-0.15, -0.1) is 0 Å². The van der Waals surface area contributed by atoms with E-state index in [1.165, 1.54) is 29.2 Å². The zero-order chi connectivity index (χ0) is 18.0. The molecular weight excluding hydrogens is 325 g/mol. The van der Waals surface area contributed by atoms with Crippen LogP contribution < -0.4 is 0 Å². The molecule has 1 N–H and O–H groups in total. The van der Waals surface area contributed by atoms with Crippen LogP contribution in [0.1, 0.15) is 32.7 Å². The molecule has 1 amide bonds. The van der Waals surface area contributed by atoms with Crippen LogP contribution in [-0.2, 0) is 4.79 Å². The van der Waals surface area contributed by atoms with E-state index in [0.717, 1.165) is 0 Å². The Kier molecular flexibility index (Phi) is 4.61. The zero-order valence-corrected chi connectivity index (χ0v) is 13.3. The Balaban J connectivity index is 1.88. The number of halogens is 1. The summed E-state index contributed by atoms with van der Waals surface area (Å²) in [5.74, 6) is -2.69. The van der Waals surface area contributed by atoms with E-state index in [9.17, 15) is 18.8 Å². The van der Waals surface area contributed by atoms with Gasteiger partial charge in [-0.3, -0.25) is 14.4 Å². The van der Waals surface area contributed by atoms with Crippen molar-refractivity contribution in [2.24, 2.45) is 5.92 Å². The lowest BCUT2D eigenvalue weighted by atomic mass is 9.97. The van der Waals surface area contributed by atoms with Gasteiger partial charge < -0.3 is 10.0 Å². The molecule has 0 aromatic heterocycles. The van der Waals surface area contributed by atoms with Gasteiger partial charge in [0.15, 0.2) is 5.78 Å². The summed E-state index contributed by atoms with van der Waals surface area (Å²) >= 11 is 0. The topological polar surface area (TPSA) is 74.7 Å². The maximum Gasteiger partial charge on any atom is 0.308 e. The van der Waals surface area contributed by atoms with Crippen LogP contribution in [0.4, 0.5) is 4.39 Å². The maximum absolute atomic E-state index is 13.0. The Bertz CT molecular complexity index is 832. The molecule has 0 aliphatic carbocycles. The van der Waals surface area contributed by atoms with Crippen molar-refractivity contribution in [3.63, 3.8) is 0 Å². The molecule has 25 heavy (non-hydrogen) atoms. The lowest BCUT2D eigenvalue weighted by Crippen LogP contribution is -2.31. The molecule has 3 rings (SSSR count). The third kappa shape index (κ3) is 3.42. The average Bonchev–Trinajstić information content (AvgIpc) is 3.11. The van der Waals surface area contributed by atoms with E-state index in [2.05, 4.69) is 0 Å². The smallest absolute Gasteiger partial charge is 0.308 e. The maximum atomic E-state index is 13.0. The normalized spacial score (nSPS) is 16.7. The standard InChI is InChI=1S/C19H16FNO4/c20-14-7-5-12(6-8-14)17(22)15-3-1-2-4-16(15)18(23)21-10-9-13(11-21)19(24)25/h1-8,13H,9-11H2,(H,24,25)/t13-/m0/s1. The molecule has 1 atom stereocenters. The molecule has 1 saturated heterocycles. The van der Waals surface area contributed by atoms with E-state index in [4.69, 9.17) is 5.11 Å². The number of carboxylic acid groups (broad SMARTS) is 1. The SMILES string of the molecule is O=C(c1ccc(F)cc1)c1ccccc1C(=O)N1CC[C@H](C(=O)O)C1. The number of hydrogen-bond acceptors (Lipinski definition) is 3. The van der Waals surface area contributed by atoms with Gasteiger partial charge in [-0.1, -0.05) is 18.2 Å². The fraction of sp³-hybridized carbons (Fsp3) is 0.211. The first-order valence-corrected chi connectivity index (χ1v) is 7.88. The second-order valence-corrected chi connectivity index (χ2v) is 5.96. The van der Waals surface area contributed by atoms with Crippen molar-refractivity contribution in [3.8, 4) is 0 Å². The molecule has 0 bridgehead atoms. The van der Waals surface area contributed by atoms with Gasteiger partial charge in [0, 0.05) is 24.2 Å². The monoisotopic (exact) mass is 341 g/mol. The molecule has 0 spiro atoms. The molecule has 1 aliphatic rings. The van der Waals surface area contributed by atoms with E-state index in [1.807, 2.05) is 0 Å². The van der Waals surface area contributed by atoms with E-state index >= 15 is 0 Å². The van der Waals surface area contributed by atoms with E-state index in [-0.39, 0.29) is 34.9 Å². The largest absolute Gasteiger partial charge is 0.481 e. The molecule has 1 heterocycles. The van der Waals surface area contributed by atoms with Gasteiger partial charge >= 0.3 is 5.97 Å². The number of likely N-dealkylation sites (tertiary alicyclic amines) is 1. The minimum atomic E-state index is -0.925. The van der Waals surface area contributed by atoms with Gasteiger partial charge in [0.2, 0.25) is 0 Å². The average molecular weight is 341 g/mol. The first kappa shape index (κ1) is 16.8. The number of hydrogen-bond donors (Lipinski definition) is 1. The first-order valence-electron chi connectivity index (χ1n) is 7.88. The first-order chi connectivity index (χ1) is 12.0. The fourth-order valence-electron chi connectivity index (χ4n) is 2.94. The second-order valence-electron chi connectivity index (χ2n) is 5.96. The molecule has 2 aromatic rings. The number of nitrogens with zero attached hydrogens (tertiary/aromatic N) is 1. The Labute approximate surface area is 143 Å². The van der Waals surface area contributed by atoms with E-state index in [1.54, 1.807) is 24.3 Å². The highest BCUT2D eigenvalue weighted by molar-refractivity contribution is 6.15. The van der Waals surface area contributed by atoms with Crippen LogP contribution in [0, 0.1) is 11.7 Å². The van der Waals surface area contributed by atoms with Crippen LogP contribution in [0.15, 0.2) is 48.5 Å². The zero-order valence-electron chi connectivity index (χ0n) is 13.3. The van der Waals surface area contributed by atoms with E-state index < -0.39 is 17.7 Å². The molecule has 2 aromatic carbocycles. The number of carbonyl (C=O) groups excluding carboxylic acids is 2. The minimum Gasteiger partial charge on any atom is -0.481 e. The lowest BCUT2D eigenvalue weighted by molar-refractivity contribution is -0.141. The molecular formula is C19H16FNO4. The van der Waals surface area contributed by atoms with Gasteiger partial charge in [-0.2, -0.15) is 0 Å². The van der Waals surface area contributed by atoms with Crippen LogP contribution in [0.2, 0.25) is 0 Å². The van der Waals surface area contributed by atoms with Crippen LogP contribution in [0.25, 0.3) is 0 Å². The summed E-state index contributed by atoms with van der Waals surface area (Å²) in [6.07, 6.45) is 0.398. The van der Waals surface area contributed by atoms with Crippen molar-refractivity contribution in [2.75, 3.05) is 13.1 Å². The van der Waals surface area contributed by atoms with Crippen molar-refractivity contribution in [2.45, 2.75) is 6.42 Å². The number of carbonyl (C=O) groups is 3. The molecule has 0 radical (unpaired) electrons. The highest BCUT2D eigenvalue weighted by Gasteiger charge is 2.32. The molecule has 1 fully saturated rings. The summed E-state index contributed by atoms with van der Waals surface area (Å²) in [6.45, 7) is 0.474. The van der Waals surface area contributed by atoms with Crippen LogP contribution >= 0.6 is 0 Å². The van der Waals surface area contributed by atoms with Crippen molar-refractivity contribution >= 4 is 17.7 Å². The number of ketones is 1. The second kappa shape index (κ2) is 6.84. The summed E-state index contributed by atoms with van der Waals surface area (Å²) in [6, 6.07) is 11.5. The van der Waals surface area contributed by atoms with Crippen LogP contribution in [0.5, 0.6) is 0 Å². The van der Waals surface area contributed by atoms with Crippen LogP contribution in [0.3, 0.4) is 0 Å². The number of amides is 1. The summed E-state index contributed by atoms with van der Waals surface area (Å²) in [4.78, 5) is 38.0. The summed E-state index contributed by atoms with van der Waals surface area (Å²) in [7, 11) is 0. The summed E-state index contributed by atoms with van der Waals surface area (Å²) in [5.41, 5.74) is 0.729. The molecule has 128 valence electrons. The predicted molar refractivity (Wildman–Crippen MR) is 87.9 cm³/mol. The van der Waals surface area contributed by atoms with Crippen molar-refractivity contribution in [1.82, 2.24) is 4.90 Å². The Morgan fingerprint density at radius 2 is 1.64 bits per heavy atom. The molecule has 0 unspecified atom stereocenters. The number of rotatable bonds is 4. The van der Waals surface area contributed by atoms with Crippen LogP contribution in [-0.4, -0.2) is 40.8 Å². The molecule has 5 nitrogen and oxygen atoms in total. The Morgan fingerprint density at radius 1 is 1.00 bits per heavy atom. The predicted octanol–water partition coefficient (Wildman–Crippen LogP) is 2.60. The Morgan fingerprint density at radius 3 is 2.24 bits per heavy atom. The Hall–Kier alpha value is -3.02. The number of aliphatic carboxylic acids is 1. The lowest BCUT2D eigenvalue weighted by Gasteiger charge is -2.17. The number of benzene rings is 2. The minimum absolute atomic E-state index is 0.132. The van der Waals surface area contributed by atoms with Gasteiger partial charge in [0.05, 0.1) is 11.5 Å². The third-order valence-corrected chi connectivity index (χ3v) is 4.33. The summed E-state index contributed by atoms with van der Waals surface area (Å²) < 4.78 is 13.0. The van der Waals surface area contributed by atoms with Gasteiger partial charge in [-0.05, 0) is 36.8 Å². The van der Waals surface area contributed by atoms with Crippen molar-refractivity contribution in [1.29, 1.82) is 0 Å². The summed E-state index contributed by atoms with van der Waals surface area (Å²) in [5, 5.41) is 9.07. The third-order valence-electron chi connectivity index (χ3n) is 4.33. The van der Waals surface area contributed by atoms with Crippen molar-refractivity contribution < 1.29 is 23.9 Å². The van der Waals surface area contributed by atoms with Gasteiger partial charge in [-0.25, -0.2) is 4.39 Å². The molecule has 1 aliphatic heterocycles.